The lowest BCUT2D eigenvalue weighted by molar-refractivity contribution is -0.148. The molecule has 1 aliphatic heterocycles. The predicted molar refractivity (Wildman–Crippen MR) is 87.7 cm³/mol. The molecular formula is C18H32N2O2. The highest BCUT2D eigenvalue weighted by Crippen LogP contribution is 2.34. The minimum absolute atomic E-state index is 0.0208. The van der Waals surface area contributed by atoms with Crippen LogP contribution in [0.15, 0.2) is 0 Å². The van der Waals surface area contributed by atoms with Crippen LogP contribution in [0.2, 0.25) is 0 Å². The summed E-state index contributed by atoms with van der Waals surface area (Å²) in [5.41, 5.74) is 0. The third-order valence-electron chi connectivity index (χ3n) is 5.96. The second kappa shape index (κ2) is 7.31. The zero-order valence-corrected chi connectivity index (χ0v) is 14.2. The Morgan fingerprint density at radius 3 is 2.41 bits per heavy atom. The van der Waals surface area contributed by atoms with E-state index >= 15 is 0 Å². The van der Waals surface area contributed by atoms with Gasteiger partial charge < -0.3 is 10.1 Å². The summed E-state index contributed by atoms with van der Waals surface area (Å²) in [6, 6.07) is 1.81. The molecule has 3 rings (SSSR count). The van der Waals surface area contributed by atoms with Crippen molar-refractivity contribution >= 4 is 5.97 Å². The predicted octanol–water partition coefficient (Wildman–Crippen LogP) is 2.57. The lowest BCUT2D eigenvalue weighted by atomic mass is 9.79. The van der Waals surface area contributed by atoms with Crippen molar-refractivity contribution in [3.8, 4) is 0 Å². The summed E-state index contributed by atoms with van der Waals surface area (Å²) in [5, 5.41) is 3.86. The minimum Gasteiger partial charge on any atom is -0.469 e. The molecule has 22 heavy (non-hydrogen) atoms. The van der Waals surface area contributed by atoms with Gasteiger partial charge in [-0.15, -0.1) is 0 Å². The fraction of sp³-hybridized carbons (Fsp3) is 0.944. The Balaban J connectivity index is 1.59. The van der Waals surface area contributed by atoms with E-state index in [9.17, 15) is 4.79 Å². The van der Waals surface area contributed by atoms with Gasteiger partial charge >= 0.3 is 5.97 Å². The van der Waals surface area contributed by atoms with Crippen molar-refractivity contribution in [3.05, 3.63) is 0 Å². The van der Waals surface area contributed by atoms with Crippen LogP contribution in [0.5, 0.6) is 0 Å². The van der Waals surface area contributed by atoms with Gasteiger partial charge in [0, 0.05) is 31.2 Å². The van der Waals surface area contributed by atoms with Gasteiger partial charge in [0.05, 0.1) is 13.0 Å². The van der Waals surface area contributed by atoms with E-state index < -0.39 is 0 Å². The molecule has 0 spiro atoms. The average Bonchev–Trinajstić information content (AvgIpc) is 2.51. The fourth-order valence-corrected chi connectivity index (χ4v) is 4.65. The van der Waals surface area contributed by atoms with Crippen LogP contribution in [0, 0.1) is 11.8 Å². The van der Waals surface area contributed by atoms with E-state index in [1.165, 1.54) is 52.1 Å². The molecule has 3 aliphatic rings. The van der Waals surface area contributed by atoms with Crippen molar-refractivity contribution in [3.63, 3.8) is 0 Å². The number of piperidine rings is 1. The monoisotopic (exact) mass is 308 g/mol. The van der Waals surface area contributed by atoms with E-state index in [4.69, 9.17) is 4.74 Å². The van der Waals surface area contributed by atoms with Crippen molar-refractivity contribution in [2.75, 3.05) is 20.2 Å². The maximum Gasteiger partial charge on any atom is 0.310 e. The summed E-state index contributed by atoms with van der Waals surface area (Å²) in [4.78, 5) is 14.6. The van der Waals surface area contributed by atoms with Crippen LogP contribution in [0.1, 0.15) is 58.3 Å². The van der Waals surface area contributed by atoms with Gasteiger partial charge in [0.25, 0.3) is 0 Å². The molecule has 0 bridgehead atoms. The number of ether oxygens (including phenoxy) is 1. The van der Waals surface area contributed by atoms with Crippen LogP contribution >= 0.6 is 0 Å². The standard InChI is InChI=1S/C18H32N2O2/c1-13-8-17(9-13)20-11-14(18(21)22-2)10-16(12-20)19-15-6-4-3-5-7-15/h13-17,19H,3-12H2,1-2H3. The highest BCUT2D eigenvalue weighted by Gasteiger charge is 2.39. The number of esters is 1. The molecule has 2 saturated carbocycles. The molecule has 0 aromatic rings. The first kappa shape index (κ1) is 16.3. The van der Waals surface area contributed by atoms with E-state index in [1.54, 1.807) is 0 Å². The summed E-state index contributed by atoms with van der Waals surface area (Å²) in [5.74, 6) is 0.886. The third kappa shape index (κ3) is 3.83. The lowest BCUT2D eigenvalue weighted by Crippen LogP contribution is -2.58. The molecular weight excluding hydrogens is 276 g/mol. The summed E-state index contributed by atoms with van der Waals surface area (Å²) >= 11 is 0. The van der Waals surface area contributed by atoms with Crippen LogP contribution in [0.4, 0.5) is 0 Å². The van der Waals surface area contributed by atoms with Gasteiger partial charge in [0.2, 0.25) is 0 Å². The molecule has 3 fully saturated rings. The molecule has 1 N–H and O–H groups in total. The number of likely N-dealkylation sites (tertiary alicyclic amines) is 1. The normalized spacial score (nSPS) is 37.5. The topological polar surface area (TPSA) is 41.6 Å². The number of hydrogen-bond acceptors (Lipinski definition) is 4. The summed E-state index contributed by atoms with van der Waals surface area (Å²) in [6.45, 7) is 4.34. The number of nitrogens with zero attached hydrogens (tertiary/aromatic N) is 1. The van der Waals surface area contributed by atoms with E-state index in [-0.39, 0.29) is 11.9 Å². The van der Waals surface area contributed by atoms with Crippen molar-refractivity contribution < 1.29 is 9.53 Å². The molecule has 0 aromatic carbocycles. The van der Waals surface area contributed by atoms with Crippen molar-refractivity contribution in [1.29, 1.82) is 0 Å². The molecule has 2 unspecified atom stereocenters. The Labute approximate surface area is 135 Å². The Morgan fingerprint density at radius 2 is 1.77 bits per heavy atom. The molecule has 2 atom stereocenters. The number of carbonyl (C=O) groups is 1. The Hall–Kier alpha value is -0.610. The highest BCUT2D eigenvalue weighted by molar-refractivity contribution is 5.72. The Morgan fingerprint density at radius 1 is 1.05 bits per heavy atom. The van der Waals surface area contributed by atoms with Crippen LogP contribution in [0.25, 0.3) is 0 Å². The van der Waals surface area contributed by atoms with Crippen LogP contribution < -0.4 is 5.32 Å². The van der Waals surface area contributed by atoms with Crippen LogP contribution in [0.3, 0.4) is 0 Å². The van der Waals surface area contributed by atoms with Crippen LogP contribution in [-0.2, 0) is 9.53 Å². The number of hydrogen-bond donors (Lipinski definition) is 1. The first-order valence-electron chi connectivity index (χ1n) is 9.23. The molecule has 4 heteroatoms. The van der Waals surface area contributed by atoms with E-state index in [2.05, 4.69) is 17.1 Å². The molecule has 1 saturated heterocycles. The lowest BCUT2D eigenvalue weighted by Gasteiger charge is -2.47. The van der Waals surface area contributed by atoms with Gasteiger partial charge in [-0.1, -0.05) is 26.2 Å². The molecule has 4 nitrogen and oxygen atoms in total. The van der Waals surface area contributed by atoms with E-state index in [0.717, 1.165) is 25.4 Å². The first-order valence-corrected chi connectivity index (χ1v) is 9.23. The zero-order chi connectivity index (χ0) is 15.5. The molecule has 0 aromatic heterocycles. The van der Waals surface area contributed by atoms with Crippen molar-refractivity contribution in [2.24, 2.45) is 11.8 Å². The molecule has 0 radical (unpaired) electrons. The average molecular weight is 308 g/mol. The fourth-order valence-electron chi connectivity index (χ4n) is 4.65. The number of methoxy groups -OCH3 is 1. The van der Waals surface area contributed by atoms with Crippen LogP contribution in [-0.4, -0.2) is 49.2 Å². The molecule has 1 heterocycles. The smallest absolute Gasteiger partial charge is 0.310 e. The molecule has 0 amide bonds. The Kier molecular flexibility index (Phi) is 5.40. The van der Waals surface area contributed by atoms with Gasteiger partial charge in [-0.25, -0.2) is 0 Å². The Bertz CT molecular complexity index is 375. The van der Waals surface area contributed by atoms with Gasteiger partial charge in [0.1, 0.15) is 0 Å². The number of nitrogens with one attached hydrogen (secondary N) is 1. The first-order chi connectivity index (χ1) is 10.7. The zero-order valence-electron chi connectivity index (χ0n) is 14.2. The second-order valence-electron chi connectivity index (χ2n) is 7.84. The molecule has 126 valence electrons. The van der Waals surface area contributed by atoms with Crippen molar-refractivity contribution in [1.82, 2.24) is 10.2 Å². The van der Waals surface area contributed by atoms with E-state index in [1.807, 2.05) is 0 Å². The van der Waals surface area contributed by atoms with Crippen molar-refractivity contribution in [2.45, 2.75) is 76.4 Å². The maximum atomic E-state index is 12.1. The summed E-state index contributed by atoms with van der Waals surface area (Å²) in [7, 11) is 1.52. The quantitative estimate of drug-likeness (QED) is 0.811. The van der Waals surface area contributed by atoms with Gasteiger partial charge in [-0.2, -0.15) is 0 Å². The minimum atomic E-state index is -0.0208. The number of rotatable bonds is 4. The number of carbonyl (C=O) groups excluding carboxylic acids is 1. The highest BCUT2D eigenvalue weighted by atomic mass is 16.5. The van der Waals surface area contributed by atoms with Gasteiger partial charge in [0.15, 0.2) is 0 Å². The molecule has 2 aliphatic carbocycles. The maximum absolute atomic E-state index is 12.1. The third-order valence-corrected chi connectivity index (χ3v) is 5.96. The largest absolute Gasteiger partial charge is 0.469 e. The SMILES string of the molecule is COC(=O)C1CC(NC2CCCCC2)CN(C2CC(C)C2)C1. The van der Waals surface area contributed by atoms with Gasteiger partial charge in [-0.05, 0) is 38.0 Å². The second-order valence-corrected chi connectivity index (χ2v) is 7.84. The van der Waals surface area contributed by atoms with E-state index in [0.29, 0.717) is 18.1 Å². The van der Waals surface area contributed by atoms with Gasteiger partial charge in [-0.3, -0.25) is 9.69 Å². The summed E-state index contributed by atoms with van der Waals surface area (Å²) < 4.78 is 5.04. The summed E-state index contributed by atoms with van der Waals surface area (Å²) in [6.07, 6.45) is 10.2.